The van der Waals surface area contributed by atoms with E-state index in [1.165, 1.54) is 21.6 Å². The maximum Gasteiger partial charge on any atom is 0.266 e. The van der Waals surface area contributed by atoms with Crippen LogP contribution in [0.2, 0.25) is 0 Å². The molecule has 2 aromatic rings. The molecule has 0 atom stereocenters. The van der Waals surface area contributed by atoms with Crippen molar-refractivity contribution in [1.82, 2.24) is 9.80 Å². The molecule has 0 radical (unpaired) electrons. The Bertz CT molecular complexity index is 950. The van der Waals surface area contributed by atoms with E-state index >= 15 is 0 Å². The quantitative estimate of drug-likeness (QED) is 0.473. The smallest absolute Gasteiger partial charge is 0.266 e. The highest BCUT2D eigenvalue weighted by Gasteiger charge is 2.34. The Kier molecular flexibility index (Phi) is 7.60. The van der Waals surface area contributed by atoms with Crippen LogP contribution >= 0.6 is 39.9 Å². The molecule has 3 rings (SSSR count). The van der Waals surface area contributed by atoms with Crippen molar-refractivity contribution < 1.29 is 14.7 Å². The summed E-state index contributed by atoms with van der Waals surface area (Å²) >= 11 is 9.93. The number of rotatable bonds is 7. The van der Waals surface area contributed by atoms with Gasteiger partial charge in [-0.25, -0.2) is 0 Å². The van der Waals surface area contributed by atoms with Crippen molar-refractivity contribution in [2.75, 3.05) is 19.7 Å². The number of aliphatic hydroxyl groups is 1. The first-order valence-electron chi connectivity index (χ1n) is 8.91. The van der Waals surface area contributed by atoms with Gasteiger partial charge < -0.3 is 10.0 Å². The minimum atomic E-state index is -0.281. The molecule has 2 amide bonds. The van der Waals surface area contributed by atoms with Gasteiger partial charge in [-0.05, 0) is 29.3 Å². The lowest BCUT2D eigenvalue weighted by Crippen LogP contribution is -2.42. The number of carbonyl (C=O) groups is 2. The fourth-order valence-electron chi connectivity index (χ4n) is 2.84. The third-order valence-corrected chi connectivity index (χ3v) is 6.12. The lowest BCUT2D eigenvalue weighted by molar-refractivity contribution is -0.136. The summed E-state index contributed by atoms with van der Waals surface area (Å²) < 4.78 is 1.27. The second-order valence-corrected chi connectivity index (χ2v) is 8.94. The van der Waals surface area contributed by atoms with Crippen molar-refractivity contribution in [3.05, 3.63) is 75.1 Å². The molecule has 8 heteroatoms. The molecule has 1 fully saturated rings. The molecule has 29 heavy (non-hydrogen) atoms. The molecule has 150 valence electrons. The highest BCUT2D eigenvalue weighted by Crippen LogP contribution is 2.32. The zero-order valence-electron chi connectivity index (χ0n) is 15.5. The second kappa shape index (κ2) is 10.2. The van der Waals surface area contributed by atoms with Crippen LogP contribution in [-0.4, -0.2) is 50.7 Å². The van der Waals surface area contributed by atoms with Crippen molar-refractivity contribution in [2.45, 2.75) is 6.54 Å². The molecule has 0 unspecified atom stereocenters. The summed E-state index contributed by atoms with van der Waals surface area (Å²) in [5.74, 6) is -0.542. The number of aliphatic hydroxyl groups excluding tert-OH is 1. The van der Waals surface area contributed by atoms with Gasteiger partial charge in [-0.15, -0.1) is 0 Å². The molecule has 0 aliphatic carbocycles. The molecular weight excluding hydrogens is 472 g/mol. The SMILES string of the molecule is O=C(CN1C(=O)C(=Cc2cccc(Br)c2)SC1=S)N(CCO)Cc1ccccc1. The van der Waals surface area contributed by atoms with Crippen molar-refractivity contribution in [3.63, 3.8) is 0 Å². The number of hydrogen-bond acceptors (Lipinski definition) is 5. The lowest BCUT2D eigenvalue weighted by atomic mass is 10.2. The van der Waals surface area contributed by atoms with Gasteiger partial charge in [-0.1, -0.05) is 82.4 Å². The highest BCUT2D eigenvalue weighted by molar-refractivity contribution is 9.10. The zero-order chi connectivity index (χ0) is 20.8. The Labute approximate surface area is 187 Å². The van der Waals surface area contributed by atoms with Crippen molar-refractivity contribution in [2.24, 2.45) is 0 Å². The molecule has 0 aromatic heterocycles. The summed E-state index contributed by atoms with van der Waals surface area (Å²) in [7, 11) is 0. The van der Waals surface area contributed by atoms with Crippen LogP contribution in [-0.2, 0) is 16.1 Å². The van der Waals surface area contributed by atoms with Crippen LogP contribution < -0.4 is 0 Å². The Hall–Kier alpha value is -2.00. The van der Waals surface area contributed by atoms with E-state index in [2.05, 4.69) is 15.9 Å². The normalized spacial score (nSPS) is 15.2. The Morgan fingerprint density at radius 1 is 1.21 bits per heavy atom. The van der Waals surface area contributed by atoms with Crippen LogP contribution in [0.4, 0.5) is 0 Å². The molecule has 1 aliphatic rings. The van der Waals surface area contributed by atoms with E-state index in [1.54, 1.807) is 6.08 Å². The second-order valence-electron chi connectivity index (χ2n) is 6.35. The first-order valence-corrected chi connectivity index (χ1v) is 10.9. The number of amides is 2. The number of carbonyl (C=O) groups excluding carboxylic acids is 2. The molecule has 0 saturated carbocycles. The molecule has 1 saturated heterocycles. The van der Waals surface area contributed by atoms with Crippen LogP contribution in [0.15, 0.2) is 64.0 Å². The fourth-order valence-corrected chi connectivity index (χ4v) is 4.51. The molecule has 1 N–H and O–H groups in total. The summed E-state index contributed by atoms with van der Waals surface area (Å²) in [6, 6.07) is 17.1. The van der Waals surface area contributed by atoms with E-state index in [4.69, 9.17) is 12.2 Å². The van der Waals surface area contributed by atoms with Gasteiger partial charge in [0, 0.05) is 17.6 Å². The van der Waals surface area contributed by atoms with Crippen LogP contribution in [0.3, 0.4) is 0 Å². The standard InChI is InChI=1S/C21H19BrN2O3S2/c22-17-8-4-7-16(11-17)12-18-20(27)24(21(28)29-18)14-19(26)23(9-10-25)13-15-5-2-1-3-6-15/h1-8,11-12,25H,9-10,13-14H2. The molecule has 0 bridgehead atoms. The first kappa shape index (κ1) is 21.7. The minimum Gasteiger partial charge on any atom is -0.395 e. The van der Waals surface area contributed by atoms with Gasteiger partial charge in [0.2, 0.25) is 5.91 Å². The zero-order valence-corrected chi connectivity index (χ0v) is 18.7. The molecule has 1 aliphatic heterocycles. The van der Waals surface area contributed by atoms with E-state index < -0.39 is 0 Å². The number of hydrogen-bond donors (Lipinski definition) is 1. The monoisotopic (exact) mass is 490 g/mol. The maximum absolute atomic E-state index is 12.8. The third kappa shape index (κ3) is 5.76. The van der Waals surface area contributed by atoms with Gasteiger partial charge >= 0.3 is 0 Å². The molecular formula is C21H19BrN2O3S2. The summed E-state index contributed by atoms with van der Waals surface area (Å²) in [6.45, 7) is 0.256. The van der Waals surface area contributed by atoms with Crippen molar-refractivity contribution >= 4 is 62.1 Å². The fraction of sp³-hybridized carbons (Fsp3) is 0.190. The number of thiocarbonyl (C=S) groups is 1. The molecule has 2 aromatic carbocycles. The highest BCUT2D eigenvalue weighted by atomic mass is 79.9. The first-order chi connectivity index (χ1) is 14.0. The molecule has 1 heterocycles. The molecule has 5 nitrogen and oxygen atoms in total. The molecule has 0 spiro atoms. The van der Waals surface area contributed by atoms with Gasteiger partial charge in [0.15, 0.2) is 0 Å². The largest absolute Gasteiger partial charge is 0.395 e. The van der Waals surface area contributed by atoms with E-state index in [9.17, 15) is 14.7 Å². The van der Waals surface area contributed by atoms with Gasteiger partial charge in [-0.2, -0.15) is 0 Å². The Balaban J connectivity index is 1.71. The number of benzene rings is 2. The topological polar surface area (TPSA) is 60.9 Å². The lowest BCUT2D eigenvalue weighted by Gasteiger charge is -2.24. The van der Waals surface area contributed by atoms with Crippen LogP contribution in [0.5, 0.6) is 0 Å². The van der Waals surface area contributed by atoms with Gasteiger partial charge in [0.25, 0.3) is 5.91 Å². The number of nitrogens with zero attached hydrogens (tertiary/aromatic N) is 2. The van der Waals surface area contributed by atoms with E-state index in [0.717, 1.165) is 15.6 Å². The predicted molar refractivity (Wildman–Crippen MR) is 123 cm³/mol. The van der Waals surface area contributed by atoms with Crippen LogP contribution in [0.25, 0.3) is 6.08 Å². The van der Waals surface area contributed by atoms with Crippen molar-refractivity contribution in [1.29, 1.82) is 0 Å². The predicted octanol–water partition coefficient (Wildman–Crippen LogP) is 3.67. The Morgan fingerprint density at radius 2 is 1.97 bits per heavy atom. The Morgan fingerprint density at radius 3 is 2.66 bits per heavy atom. The average Bonchev–Trinajstić information content (AvgIpc) is 2.96. The van der Waals surface area contributed by atoms with E-state index in [0.29, 0.717) is 15.8 Å². The maximum atomic E-state index is 12.8. The summed E-state index contributed by atoms with van der Waals surface area (Å²) in [5.41, 5.74) is 1.83. The van der Waals surface area contributed by atoms with Gasteiger partial charge in [0.05, 0.1) is 11.5 Å². The minimum absolute atomic E-state index is 0.146. The summed E-state index contributed by atoms with van der Waals surface area (Å²) in [6.07, 6.45) is 1.77. The number of thioether (sulfide) groups is 1. The summed E-state index contributed by atoms with van der Waals surface area (Å²) in [5, 5.41) is 9.34. The van der Waals surface area contributed by atoms with Crippen LogP contribution in [0, 0.1) is 0 Å². The van der Waals surface area contributed by atoms with Gasteiger partial charge in [0.1, 0.15) is 10.9 Å². The third-order valence-electron chi connectivity index (χ3n) is 4.25. The van der Waals surface area contributed by atoms with Crippen molar-refractivity contribution in [3.8, 4) is 0 Å². The summed E-state index contributed by atoms with van der Waals surface area (Å²) in [4.78, 5) is 29.0. The van der Waals surface area contributed by atoms with Gasteiger partial charge in [-0.3, -0.25) is 14.5 Å². The van der Waals surface area contributed by atoms with Crippen LogP contribution in [0.1, 0.15) is 11.1 Å². The van der Waals surface area contributed by atoms with E-state index in [-0.39, 0.29) is 31.5 Å². The van der Waals surface area contributed by atoms with E-state index in [1.807, 2.05) is 54.6 Å². The number of halogens is 1. The average molecular weight is 491 g/mol.